The van der Waals surface area contributed by atoms with Crippen molar-refractivity contribution < 1.29 is 4.57 Å². The lowest BCUT2D eigenvalue weighted by Crippen LogP contribution is -2.52. The van der Waals surface area contributed by atoms with Crippen molar-refractivity contribution in [3.63, 3.8) is 0 Å². The van der Waals surface area contributed by atoms with E-state index in [1.807, 2.05) is 0 Å². The molecule has 0 unspecified atom stereocenters. The Kier molecular flexibility index (Phi) is 7.99. The van der Waals surface area contributed by atoms with Gasteiger partial charge in [-0.15, -0.1) is 0 Å². The summed E-state index contributed by atoms with van der Waals surface area (Å²) in [6.45, 7) is 33.9. The zero-order valence-corrected chi connectivity index (χ0v) is 27.0. The third-order valence-corrected chi connectivity index (χ3v) is 9.04. The van der Waals surface area contributed by atoms with Crippen LogP contribution in [0.1, 0.15) is 139 Å². The van der Waals surface area contributed by atoms with Gasteiger partial charge in [-0.1, -0.05) is 62.3 Å². The van der Waals surface area contributed by atoms with Crippen LogP contribution in [0.25, 0.3) is 0 Å². The number of aromatic amines is 1. The van der Waals surface area contributed by atoms with Gasteiger partial charge in [-0.25, -0.2) is 19.5 Å². The summed E-state index contributed by atoms with van der Waals surface area (Å²) in [5.41, 5.74) is 6.84. The van der Waals surface area contributed by atoms with Crippen LogP contribution in [0.4, 0.5) is 0 Å². The predicted molar refractivity (Wildman–Crippen MR) is 159 cm³/mol. The van der Waals surface area contributed by atoms with Crippen molar-refractivity contribution in [2.24, 2.45) is 0 Å². The molecule has 0 radical (unpaired) electrons. The van der Waals surface area contributed by atoms with E-state index in [4.69, 9.17) is 9.97 Å². The maximum absolute atomic E-state index is 5.40. The minimum atomic E-state index is -1.07. The molecule has 0 bridgehead atoms. The summed E-state index contributed by atoms with van der Waals surface area (Å²) in [6.07, 6.45) is 6.86. The molecule has 7 heteroatoms. The van der Waals surface area contributed by atoms with E-state index in [2.05, 4.69) is 141 Å². The van der Waals surface area contributed by atoms with Gasteiger partial charge in [-0.2, -0.15) is 0 Å². The zero-order valence-electron chi connectivity index (χ0n) is 26.1. The Labute approximate surface area is 227 Å². The van der Waals surface area contributed by atoms with Crippen LogP contribution >= 0.6 is 7.92 Å². The quantitative estimate of drug-likeness (QED) is 0.312. The smallest absolute Gasteiger partial charge is 0.290 e. The average molecular weight is 528 g/mol. The number of nitrogens with zero attached hydrogens (tertiary/aromatic N) is 5. The number of imidazole rings is 3. The Balaban J connectivity index is 2.48. The van der Waals surface area contributed by atoms with Crippen LogP contribution in [-0.4, -0.2) is 24.1 Å². The largest absolute Gasteiger partial charge is 0.328 e. The molecule has 3 rings (SSSR count). The van der Waals surface area contributed by atoms with E-state index in [0.29, 0.717) is 6.04 Å². The first kappa shape index (κ1) is 29.6. The van der Waals surface area contributed by atoms with Crippen LogP contribution < -0.4 is 21.3 Å². The molecule has 0 aliphatic heterocycles. The van der Waals surface area contributed by atoms with E-state index in [1.165, 1.54) is 11.3 Å². The van der Waals surface area contributed by atoms with Gasteiger partial charge in [0, 0.05) is 40.7 Å². The number of aromatic nitrogens is 6. The van der Waals surface area contributed by atoms with Gasteiger partial charge in [-0.3, -0.25) is 0 Å². The number of hydrogen-bond acceptors (Lipinski definition) is 2. The molecule has 0 atom stereocenters. The van der Waals surface area contributed by atoms with E-state index in [1.54, 1.807) is 0 Å². The molecule has 0 aliphatic rings. The summed E-state index contributed by atoms with van der Waals surface area (Å²) in [5, 5.41) is 0. The van der Waals surface area contributed by atoms with E-state index in [9.17, 15) is 0 Å². The van der Waals surface area contributed by atoms with Crippen molar-refractivity contribution >= 4 is 24.6 Å². The zero-order chi connectivity index (χ0) is 28.2. The fourth-order valence-corrected chi connectivity index (χ4v) is 6.99. The Morgan fingerprint density at radius 1 is 0.703 bits per heavy atom. The summed E-state index contributed by atoms with van der Waals surface area (Å²) >= 11 is 0. The minimum absolute atomic E-state index is 0.00394. The highest BCUT2D eigenvalue weighted by Gasteiger charge is 2.40. The van der Waals surface area contributed by atoms with Gasteiger partial charge in [0.1, 0.15) is 11.9 Å². The number of rotatable bonds is 6. The highest BCUT2D eigenvalue weighted by molar-refractivity contribution is 7.78. The molecule has 37 heavy (non-hydrogen) atoms. The molecule has 0 saturated carbocycles. The highest BCUT2D eigenvalue weighted by Crippen LogP contribution is 2.36. The molecular weight excluding hydrogens is 475 g/mol. The van der Waals surface area contributed by atoms with Gasteiger partial charge < -0.3 is 9.13 Å². The lowest BCUT2D eigenvalue weighted by molar-refractivity contribution is -0.698. The molecule has 3 heterocycles. The Bertz CT molecular complexity index is 1070. The van der Waals surface area contributed by atoms with Crippen LogP contribution in [0.5, 0.6) is 0 Å². The van der Waals surface area contributed by atoms with Crippen molar-refractivity contribution in [2.75, 3.05) is 0 Å². The second-order valence-electron chi connectivity index (χ2n) is 14.4. The molecule has 0 saturated heterocycles. The lowest BCUT2D eigenvalue weighted by atomic mass is 9.93. The molecule has 0 fully saturated rings. The van der Waals surface area contributed by atoms with Crippen LogP contribution in [0, 0.1) is 0 Å². The van der Waals surface area contributed by atoms with Gasteiger partial charge in [-0.05, 0) is 41.5 Å². The van der Waals surface area contributed by atoms with Crippen LogP contribution in [0.2, 0.25) is 0 Å². The number of H-pyrrole nitrogens is 1. The molecule has 0 aliphatic carbocycles. The molecular formula is C30H52N6P+. The maximum Gasteiger partial charge on any atom is 0.290 e. The van der Waals surface area contributed by atoms with Crippen molar-refractivity contribution in [1.82, 2.24) is 24.1 Å². The van der Waals surface area contributed by atoms with E-state index >= 15 is 0 Å². The standard InChI is InChI=1S/C30H51N6P/c1-19(2)34-16-22(28(7,8)9)31-25(34)37(26-32-23(29(10,11)12)17-35(26)20(3)4)27-33-24(30(13,14)15)18-36(27)21(5)6/h16-21H,1-15H3/p+1. The van der Waals surface area contributed by atoms with Crippen molar-refractivity contribution in [2.45, 2.75) is 138 Å². The third kappa shape index (κ3) is 6.05. The van der Waals surface area contributed by atoms with Crippen LogP contribution in [0.3, 0.4) is 0 Å². The Morgan fingerprint density at radius 2 is 1.11 bits per heavy atom. The summed E-state index contributed by atoms with van der Waals surface area (Å²) in [6, 6.07) is 0.886. The normalized spacial score (nSPS) is 13.7. The second kappa shape index (κ2) is 9.98. The van der Waals surface area contributed by atoms with Gasteiger partial charge in [0.25, 0.3) is 5.57 Å². The second-order valence-corrected chi connectivity index (χ2v) is 16.3. The fraction of sp³-hybridized carbons (Fsp3) is 0.700. The Hall–Kier alpha value is -1.94. The molecule has 3 aromatic heterocycles. The first-order chi connectivity index (χ1) is 16.7. The minimum Gasteiger partial charge on any atom is -0.328 e. The first-order valence-corrected chi connectivity index (χ1v) is 15.2. The maximum atomic E-state index is 5.40. The van der Waals surface area contributed by atoms with Crippen LogP contribution in [0.15, 0.2) is 18.6 Å². The SMILES string of the molecule is CC(C)n1cc(C(C)(C)C)nc1P(c1nc(C(C)(C)C)cn1C(C)C)c1[nH]c(C(C)(C)C)c[n+]1C(C)C. The van der Waals surface area contributed by atoms with Crippen molar-refractivity contribution in [3.8, 4) is 0 Å². The molecule has 0 spiro atoms. The summed E-state index contributed by atoms with van der Waals surface area (Å²) in [5.74, 6) is 0. The van der Waals surface area contributed by atoms with Gasteiger partial charge in [0.2, 0.25) is 0 Å². The topological polar surface area (TPSA) is 55.3 Å². The third-order valence-electron chi connectivity index (χ3n) is 6.81. The molecule has 1 N–H and O–H groups in total. The van der Waals surface area contributed by atoms with Crippen molar-refractivity contribution in [3.05, 3.63) is 35.7 Å². The summed E-state index contributed by atoms with van der Waals surface area (Å²) in [7, 11) is -1.07. The van der Waals surface area contributed by atoms with Gasteiger partial charge in [0.15, 0.2) is 19.1 Å². The van der Waals surface area contributed by atoms with E-state index < -0.39 is 7.92 Å². The molecule has 6 nitrogen and oxygen atoms in total. The first-order valence-electron chi connectivity index (χ1n) is 13.9. The van der Waals surface area contributed by atoms with E-state index in [-0.39, 0.29) is 28.3 Å². The monoisotopic (exact) mass is 527 g/mol. The summed E-state index contributed by atoms with van der Waals surface area (Å²) < 4.78 is 7.22. The fourth-order valence-electron chi connectivity index (χ4n) is 4.22. The number of hydrogen-bond donors (Lipinski definition) is 1. The average Bonchev–Trinajstić information content (AvgIpc) is 3.44. The van der Waals surface area contributed by atoms with Crippen LogP contribution in [-0.2, 0) is 16.2 Å². The summed E-state index contributed by atoms with van der Waals surface area (Å²) in [4.78, 5) is 14.7. The van der Waals surface area contributed by atoms with Crippen molar-refractivity contribution in [1.29, 1.82) is 0 Å². The predicted octanol–water partition coefficient (Wildman–Crippen LogP) is 6.09. The molecule has 3 aromatic rings. The highest BCUT2D eigenvalue weighted by atomic mass is 31.1. The lowest BCUT2D eigenvalue weighted by Gasteiger charge is -2.20. The van der Waals surface area contributed by atoms with Gasteiger partial charge in [0.05, 0.1) is 17.4 Å². The Morgan fingerprint density at radius 3 is 1.41 bits per heavy atom. The molecule has 0 aromatic carbocycles. The molecule has 206 valence electrons. The molecule has 0 amide bonds. The van der Waals surface area contributed by atoms with E-state index in [0.717, 1.165) is 22.5 Å². The van der Waals surface area contributed by atoms with Gasteiger partial charge >= 0.3 is 0 Å². The number of nitrogens with one attached hydrogen (secondary N) is 1.